The van der Waals surface area contributed by atoms with Gasteiger partial charge >= 0.3 is 0 Å². The number of carbonyl (C=O) groups is 1. The highest BCUT2D eigenvalue weighted by atomic mass is 32.1. The molecule has 0 spiro atoms. The predicted molar refractivity (Wildman–Crippen MR) is 134 cm³/mol. The van der Waals surface area contributed by atoms with Crippen LogP contribution in [0.2, 0.25) is 0 Å². The molecule has 4 aromatic rings. The smallest absolute Gasteiger partial charge is 0.226 e. The third kappa shape index (κ3) is 3.86. The van der Waals surface area contributed by atoms with Crippen LogP contribution in [0, 0.1) is 23.2 Å². The number of nitrogens with one attached hydrogen (secondary N) is 2. The molecule has 1 aliphatic carbocycles. The number of benzene rings is 1. The largest absolute Gasteiger partial charge is 0.492 e. The Labute approximate surface area is 206 Å². The first-order valence-electron chi connectivity index (χ1n) is 11.9. The van der Waals surface area contributed by atoms with Crippen molar-refractivity contribution in [3.63, 3.8) is 0 Å². The minimum atomic E-state index is -0.0366. The number of aryl methyl sites for hydroxylation is 1. The first-order valence-corrected chi connectivity index (χ1v) is 12.8. The Bertz CT molecular complexity index is 1470. The molecule has 4 heterocycles. The monoisotopic (exact) mass is 487 g/mol. The fourth-order valence-corrected chi connectivity index (χ4v) is 6.48. The van der Waals surface area contributed by atoms with Gasteiger partial charge in [-0.25, -0.2) is 9.97 Å². The molecule has 1 fully saturated rings. The minimum absolute atomic E-state index is 0.0332. The number of ether oxygens (including phenoxy) is 1. The summed E-state index contributed by atoms with van der Waals surface area (Å²) in [4.78, 5) is 26.3. The third-order valence-corrected chi connectivity index (χ3v) is 8.13. The minimum Gasteiger partial charge on any atom is -0.492 e. The van der Waals surface area contributed by atoms with Crippen molar-refractivity contribution in [1.82, 2.24) is 25.1 Å². The molecule has 1 amide bonds. The van der Waals surface area contributed by atoms with Gasteiger partial charge in [-0.2, -0.15) is 10.4 Å². The summed E-state index contributed by atoms with van der Waals surface area (Å²) >= 11 is 1.65. The summed E-state index contributed by atoms with van der Waals surface area (Å²) in [5, 5.41) is 21.8. The van der Waals surface area contributed by atoms with Crippen LogP contribution < -0.4 is 10.1 Å². The van der Waals surface area contributed by atoms with Crippen LogP contribution in [0.25, 0.3) is 21.1 Å². The topological polar surface area (TPSA) is 120 Å². The molecule has 2 aliphatic rings. The van der Waals surface area contributed by atoms with Gasteiger partial charge in [0.05, 0.1) is 41.4 Å². The van der Waals surface area contributed by atoms with E-state index in [1.165, 1.54) is 10.4 Å². The fraction of sp³-hybridized carbons (Fsp3) is 0.400. The summed E-state index contributed by atoms with van der Waals surface area (Å²) in [5.41, 5.74) is 2.97. The maximum Gasteiger partial charge on any atom is 0.226 e. The molecule has 9 nitrogen and oxygen atoms in total. The summed E-state index contributed by atoms with van der Waals surface area (Å²) in [7, 11) is 0. The second-order valence-corrected chi connectivity index (χ2v) is 10.2. The van der Waals surface area contributed by atoms with E-state index in [2.05, 4.69) is 31.6 Å². The Kier molecular flexibility index (Phi) is 5.49. The second kappa shape index (κ2) is 8.82. The van der Waals surface area contributed by atoms with Crippen molar-refractivity contribution < 1.29 is 9.53 Å². The number of nitrogens with zero attached hydrogens (tertiary/aromatic N) is 5. The molecule has 2 atom stereocenters. The molecule has 10 heteroatoms. The first kappa shape index (κ1) is 21.8. The second-order valence-electron chi connectivity index (χ2n) is 9.11. The number of aromatic nitrogens is 4. The van der Waals surface area contributed by atoms with Crippen LogP contribution in [0.5, 0.6) is 5.75 Å². The molecule has 0 saturated carbocycles. The summed E-state index contributed by atoms with van der Waals surface area (Å²) in [6.07, 6.45) is 6.47. The van der Waals surface area contributed by atoms with Crippen LogP contribution in [-0.4, -0.2) is 50.7 Å². The van der Waals surface area contributed by atoms with Crippen molar-refractivity contribution in [3.05, 3.63) is 35.1 Å². The quantitative estimate of drug-likeness (QED) is 0.433. The van der Waals surface area contributed by atoms with Crippen LogP contribution >= 0.6 is 11.3 Å². The standard InChI is InChI=1S/C25H25N7O2S/c1-2-34-20-9-18-16(11-29-31-18)7-19(20)30-23-22-17-4-3-15(8-21(17)35-24(22)28-13-27-23)25(33)32-6-5-14(10-26)12-32/h7,9,11,13-15H,2-6,8,12H2,1H3,(H,29,31)(H,27,28,30). The Morgan fingerprint density at radius 1 is 1.37 bits per heavy atom. The Morgan fingerprint density at radius 2 is 2.29 bits per heavy atom. The van der Waals surface area contributed by atoms with Crippen LogP contribution in [0.4, 0.5) is 11.5 Å². The van der Waals surface area contributed by atoms with Gasteiger partial charge in [-0.3, -0.25) is 9.89 Å². The van der Waals surface area contributed by atoms with E-state index >= 15 is 0 Å². The lowest BCUT2D eigenvalue weighted by Gasteiger charge is -2.26. The van der Waals surface area contributed by atoms with Crippen molar-refractivity contribution in [2.24, 2.45) is 11.8 Å². The number of fused-ring (bicyclic) bond motifs is 4. The fourth-order valence-electron chi connectivity index (χ4n) is 5.21. The first-order chi connectivity index (χ1) is 17.1. The molecular weight excluding hydrogens is 462 g/mol. The number of hydrogen-bond acceptors (Lipinski definition) is 8. The Balaban J connectivity index is 1.31. The molecular formula is C25H25N7O2S. The van der Waals surface area contributed by atoms with E-state index in [4.69, 9.17) is 4.74 Å². The summed E-state index contributed by atoms with van der Waals surface area (Å²) in [6.45, 7) is 3.76. The summed E-state index contributed by atoms with van der Waals surface area (Å²) < 4.78 is 5.88. The van der Waals surface area contributed by atoms with E-state index in [-0.39, 0.29) is 17.7 Å². The maximum atomic E-state index is 13.1. The van der Waals surface area contributed by atoms with Crippen molar-refractivity contribution in [3.8, 4) is 11.8 Å². The average molecular weight is 488 g/mol. The lowest BCUT2D eigenvalue weighted by molar-refractivity contribution is -0.134. The SMILES string of the molecule is CCOc1cc2[nH]ncc2cc1Nc1ncnc2sc3c(c12)CCC(C(=O)N1CCC(C#N)C1)C3. The molecule has 0 bridgehead atoms. The van der Waals surface area contributed by atoms with E-state index in [9.17, 15) is 10.1 Å². The zero-order valence-corrected chi connectivity index (χ0v) is 20.2. The Morgan fingerprint density at radius 3 is 3.11 bits per heavy atom. The highest BCUT2D eigenvalue weighted by Crippen LogP contribution is 2.42. The number of hydrogen-bond donors (Lipinski definition) is 2. The van der Waals surface area contributed by atoms with E-state index in [0.717, 1.165) is 57.6 Å². The lowest BCUT2D eigenvalue weighted by atomic mass is 9.87. The van der Waals surface area contributed by atoms with E-state index in [1.807, 2.05) is 24.0 Å². The highest BCUT2D eigenvalue weighted by molar-refractivity contribution is 7.19. The van der Waals surface area contributed by atoms with Gasteiger partial charge < -0.3 is 15.0 Å². The van der Waals surface area contributed by atoms with Gasteiger partial charge in [0.25, 0.3) is 0 Å². The molecule has 6 rings (SSSR count). The number of thiophene rings is 1. The summed E-state index contributed by atoms with van der Waals surface area (Å²) in [6, 6.07) is 6.26. The van der Waals surface area contributed by atoms with Gasteiger partial charge in [0.1, 0.15) is 22.7 Å². The molecule has 3 aromatic heterocycles. The van der Waals surface area contributed by atoms with Crippen LogP contribution in [0.15, 0.2) is 24.7 Å². The third-order valence-electron chi connectivity index (χ3n) is 6.97. The number of nitriles is 1. The number of amides is 1. The average Bonchev–Trinajstić information content (AvgIpc) is 3.61. The molecule has 2 unspecified atom stereocenters. The van der Waals surface area contributed by atoms with Gasteiger partial charge in [-0.15, -0.1) is 11.3 Å². The molecule has 0 radical (unpaired) electrons. The maximum absolute atomic E-state index is 13.1. The Hall–Kier alpha value is -3.71. The van der Waals surface area contributed by atoms with Crippen LogP contribution in [-0.2, 0) is 17.6 Å². The molecule has 1 saturated heterocycles. The van der Waals surface area contributed by atoms with Gasteiger partial charge in [0.15, 0.2) is 0 Å². The normalized spacial score (nSPS) is 19.6. The number of likely N-dealkylation sites (tertiary alicyclic amines) is 1. The van der Waals surface area contributed by atoms with Crippen LogP contribution in [0.3, 0.4) is 0 Å². The zero-order chi connectivity index (χ0) is 23.9. The molecule has 1 aromatic carbocycles. The van der Waals surface area contributed by atoms with Crippen molar-refractivity contribution in [2.75, 3.05) is 25.0 Å². The predicted octanol–water partition coefficient (Wildman–Crippen LogP) is 4.19. The number of anilines is 2. The van der Waals surface area contributed by atoms with Crippen molar-refractivity contribution in [2.45, 2.75) is 32.6 Å². The molecule has 1 aliphatic heterocycles. The summed E-state index contributed by atoms with van der Waals surface area (Å²) in [5.74, 6) is 1.59. The molecule has 2 N–H and O–H groups in total. The van der Waals surface area contributed by atoms with E-state index < -0.39 is 0 Å². The van der Waals surface area contributed by atoms with Gasteiger partial charge in [-0.1, -0.05) is 0 Å². The lowest BCUT2D eigenvalue weighted by Crippen LogP contribution is -2.36. The number of rotatable bonds is 5. The zero-order valence-electron chi connectivity index (χ0n) is 19.4. The van der Waals surface area contributed by atoms with Crippen molar-refractivity contribution in [1.29, 1.82) is 5.26 Å². The van der Waals surface area contributed by atoms with Crippen molar-refractivity contribution >= 4 is 49.9 Å². The highest BCUT2D eigenvalue weighted by Gasteiger charge is 2.34. The van der Waals surface area contributed by atoms with Crippen LogP contribution in [0.1, 0.15) is 30.2 Å². The van der Waals surface area contributed by atoms with E-state index in [1.54, 1.807) is 23.9 Å². The number of aromatic amines is 1. The van der Waals surface area contributed by atoms with Gasteiger partial charge in [0, 0.05) is 35.3 Å². The number of carbonyl (C=O) groups excluding carboxylic acids is 1. The number of H-pyrrole nitrogens is 1. The van der Waals surface area contributed by atoms with E-state index in [0.29, 0.717) is 26.1 Å². The molecule has 35 heavy (non-hydrogen) atoms. The molecule has 178 valence electrons. The van der Waals surface area contributed by atoms with Gasteiger partial charge in [0.2, 0.25) is 5.91 Å². The van der Waals surface area contributed by atoms with Gasteiger partial charge in [-0.05, 0) is 44.2 Å².